The van der Waals surface area contributed by atoms with E-state index in [4.69, 9.17) is 28.4 Å². The van der Waals surface area contributed by atoms with Crippen LogP contribution in [-0.4, -0.2) is 142 Å². The third-order valence-corrected chi connectivity index (χ3v) is 13.9. The highest BCUT2D eigenvalue weighted by Gasteiger charge is 2.47. The number of ether oxygens (including phenoxy) is 6. The summed E-state index contributed by atoms with van der Waals surface area (Å²) >= 11 is 0. The number of carbonyl (C=O) groups is 2. The van der Waals surface area contributed by atoms with E-state index in [0.717, 1.165) is 38.5 Å². The number of hydrogen-bond acceptors (Lipinski definition) is 15. The molecule has 0 amide bonds. The molecule has 0 spiro atoms. The van der Waals surface area contributed by atoms with Gasteiger partial charge in [-0.1, -0.05) is 186 Å². The molecule has 7 N–H and O–H groups in total. The lowest BCUT2D eigenvalue weighted by molar-refractivity contribution is -0.332. The van der Waals surface area contributed by atoms with Crippen molar-refractivity contribution in [3.63, 3.8) is 0 Å². The highest BCUT2D eigenvalue weighted by atomic mass is 16.7. The molecule has 0 aromatic carbocycles. The van der Waals surface area contributed by atoms with Gasteiger partial charge in [-0.2, -0.15) is 0 Å². The molecule has 0 aromatic rings. The number of rotatable bonds is 46. The Bertz CT molecular complexity index is 1350. The van der Waals surface area contributed by atoms with Crippen LogP contribution in [0.5, 0.6) is 0 Å². The number of unbranched alkanes of at least 4 members (excludes halogenated alkanes) is 28. The quantitative estimate of drug-likeness (QED) is 0.0171. The van der Waals surface area contributed by atoms with Crippen LogP contribution in [0.1, 0.15) is 232 Å². The van der Waals surface area contributed by atoms with Crippen LogP contribution in [0.15, 0.2) is 24.3 Å². The molecule has 0 aliphatic carbocycles. The van der Waals surface area contributed by atoms with Gasteiger partial charge in [0.2, 0.25) is 0 Å². The van der Waals surface area contributed by atoms with Crippen molar-refractivity contribution < 1.29 is 73.8 Å². The van der Waals surface area contributed by atoms with E-state index < -0.39 is 99.3 Å². The molecule has 422 valence electrons. The summed E-state index contributed by atoms with van der Waals surface area (Å²) in [6, 6.07) is 0. The number of esters is 2. The van der Waals surface area contributed by atoms with E-state index in [9.17, 15) is 45.3 Å². The van der Waals surface area contributed by atoms with Crippen LogP contribution in [0.25, 0.3) is 0 Å². The Labute approximate surface area is 434 Å². The minimum absolute atomic E-state index is 0.117. The molecule has 11 atom stereocenters. The van der Waals surface area contributed by atoms with E-state index in [-0.39, 0.29) is 19.4 Å². The lowest BCUT2D eigenvalue weighted by atomic mass is 9.98. The molecule has 0 saturated carbocycles. The molecule has 2 aliphatic heterocycles. The normalized spacial score (nSPS) is 25.1. The second-order valence-electron chi connectivity index (χ2n) is 20.5. The molecule has 0 aromatic heterocycles. The van der Waals surface area contributed by atoms with Crippen molar-refractivity contribution in [2.75, 3.05) is 26.4 Å². The molecule has 2 heterocycles. The third-order valence-electron chi connectivity index (χ3n) is 13.9. The second-order valence-corrected chi connectivity index (χ2v) is 20.5. The van der Waals surface area contributed by atoms with Crippen molar-refractivity contribution >= 4 is 11.9 Å². The Morgan fingerprint density at radius 3 is 1.26 bits per heavy atom. The Balaban J connectivity index is 1.75. The fraction of sp³-hybridized carbons (Fsp3) is 0.895. The van der Waals surface area contributed by atoms with E-state index in [1.807, 2.05) is 0 Å². The summed E-state index contributed by atoms with van der Waals surface area (Å²) in [5.41, 5.74) is 0. The standard InChI is InChI=1S/C57H104O15/c1-3-5-7-9-11-13-15-17-18-19-20-21-22-23-24-25-26-28-30-32-34-36-38-40-49(60)70-45(42-67-48(59)39-37-35-33-31-29-27-16-14-12-10-8-6-4-2)43-68-56-55(66)53(64)51(62)47(72-56)44-69-57-54(65)52(63)50(61)46(41-58)71-57/h27,29,32,34,45-47,50-58,61-66H,3-26,28,30-31,33,35-44H2,1-2H3/b29-27+,34-32+/t45-,46+,47+,50-,51-,52?,53?,54?,55?,56+,57+/m1/s1. The van der Waals surface area contributed by atoms with Gasteiger partial charge in [-0.15, -0.1) is 0 Å². The summed E-state index contributed by atoms with van der Waals surface area (Å²) in [7, 11) is 0. The van der Waals surface area contributed by atoms with Gasteiger partial charge < -0.3 is 64.2 Å². The third kappa shape index (κ3) is 31.1. The second kappa shape index (κ2) is 44.1. The van der Waals surface area contributed by atoms with Crippen LogP contribution in [0.3, 0.4) is 0 Å². The van der Waals surface area contributed by atoms with E-state index in [1.54, 1.807) is 0 Å². The molecule has 4 unspecified atom stereocenters. The maximum absolute atomic E-state index is 13.0. The molecule has 2 fully saturated rings. The summed E-state index contributed by atoms with van der Waals surface area (Å²) in [6.07, 6.45) is 30.8. The first-order chi connectivity index (χ1) is 35.0. The van der Waals surface area contributed by atoms with Crippen LogP contribution in [0, 0.1) is 0 Å². The fourth-order valence-corrected chi connectivity index (χ4v) is 9.16. The van der Waals surface area contributed by atoms with E-state index in [1.165, 1.54) is 148 Å². The SMILES string of the molecule is CCCCCCCC/C=C/CCCCCC(=O)OC[C@H](CO[C@H]1O[C@@H](CO[C@H]2O[C@@H](CO)[C@@H](O)C(O)C2O)[C@@H](O)C(O)C1O)OC(=O)CCC/C=C/CCCCCCCCCCCCCCCCCCCC. The molecular formula is C57H104O15. The first-order valence-electron chi connectivity index (χ1n) is 28.9. The average molecular weight is 1030 g/mol. The number of aliphatic hydroxyl groups excluding tert-OH is 7. The molecule has 72 heavy (non-hydrogen) atoms. The maximum Gasteiger partial charge on any atom is 0.306 e. The predicted molar refractivity (Wildman–Crippen MR) is 280 cm³/mol. The van der Waals surface area contributed by atoms with Crippen molar-refractivity contribution in [1.29, 1.82) is 0 Å². The van der Waals surface area contributed by atoms with Gasteiger partial charge in [0.15, 0.2) is 18.7 Å². The van der Waals surface area contributed by atoms with Crippen LogP contribution in [0.2, 0.25) is 0 Å². The minimum Gasteiger partial charge on any atom is -0.462 e. The first kappa shape index (κ1) is 66.1. The van der Waals surface area contributed by atoms with Gasteiger partial charge in [-0.25, -0.2) is 0 Å². The van der Waals surface area contributed by atoms with Crippen LogP contribution < -0.4 is 0 Å². The van der Waals surface area contributed by atoms with Crippen molar-refractivity contribution in [3.05, 3.63) is 24.3 Å². The maximum atomic E-state index is 13.0. The van der Waals surface area contributed by atoms with Gasteiger partial charge in [0, 0.05) is 12.8 Å². The van der Waals surface area contributed by atoms with Crippen molar-refractivity contribution in [2.45, 2.75) is 300 Å². The first-order valence-corrected chi connectivity index (χ1v) is 28.9. The van der Waals surface area contributed by atoms with E-state index in [0.29, 0.717) is 19.3 Å². The highest BCUT2D eigenvalue weighted by molar-refractivity contribution is 5.70. The smallest absolute Gasteiger partial charge is 0.306 e. The zero-order valence-corrected chi connectivity index (χ0v) is 44.9. The van der Waals surface area contributed by atoms with Gasteiger partial charge in [-0.05, 0) is 57.8 Å². The average Bonchev–Trinajstić information content (AvgIpc) is 3.37. The Morgan fingerprint density at radius 2 is 0.806 bits per heavy atom. The van der Waals surface area contributed by atoms with Gasteiger partial charge in [-0.3, -0.25) is 9.59 Å². The van der Waals surface area contributed by atoms with E-state index >= 15 is 0 Å². The molecule has 15 nitrogen and oxygen atoms in total. The van der Waals surface area contributed by atoms with Gasteiger partial charge >= 0.3 is 11.9 Å². The summed E-state index contributed by atoms with van der Waals surface area (Å²) < 4.78 is 33.6. The summed E-state index contributed by atoms with van der Waals surface area (Å²) in [5.74, 6) is -0.972. The monoisotopic (exact) mass is 1030 g/mol. The van der Waals surface area contributed by atoms with Crippen molar-refractivity contribution in [2.24, 2.45) is 0 Å². The topological polar surface area (TPSA) is 231 Å². The number of aliphatic hydroxyl groups is 7. The Morgan fingerprint density at radius 1 is 0.431 bits per heavy atom. The lowest BCUT2D eigenvalue weighted by Gasteiger charge is -2.42. The highest BCUT2D eigenvalue weighted by Crippen LogP contribution is 2.27. The van der Waals surface area contributed by atoms with Crippen LogP contribution >= 0.6 is 0 Å². The zero-order valence-electron chi connectivity index (χ0n) is 44.9. The Hall–Kier alpha value is -2.02. The molecule has 2 aliphatic rings. The predicted octanol–water partition coefficient (Wildman–Crippen LogP) is 9.50. The van der Waals surface area contributed by atoms with Gasteiger partial charge in [0.25, 0.3) is 0 Å². The van der Waals surface area contributed by atoms with Gasteiger partial charge in [0.05, 0.1) is 19.8 Å². The molecule has 0 bridgehead atoms. The number of carbonyl (C=O) groups excluding carboxylic acids is 2. The summed E-state index contributed by atoms with van der Waals surface area (Å²) in [5, 5.41) is 72.2. The summed E-state index contributed by atoms with van der Waals surface area (Å²) in [4.78, 5) is 25.8. The molecule has 2 saturated heterocycles. The van der Waals surface area contributed by atoms with Crippen molar-refractivity contribution in [1.82, 2.24) is 0 Å². The van der Waals surface area contributed by atoms with Crippen LogP contribution in [-0.2, 0) is 38.0 Å². The van der Waals surface area contributed by atoms with E-state index in [2.05, 4.69) is 38.2 Å². The molecule has 15 heteroatoms. The molecule has 2 rings (SSSR count). The molecular weight excluding hydrogens is 925 g/mol. The zero-order chi connectivity index (χ0) is 52.4. The molecule has 0 radical (unpaired) electrons. The fourth-order valence-electron chi connectivity index (χ4n) is 9.16. The lowest BCUT2D eigenvalue weighted by Crippen LogP contribution is -2.61. The number of hydrogen-bond donors (Lipinski definition) is 7. The Kier molecular flexibility index (Phi) is 40.5. The van der Waals surface area contributed by atoms with Crippen LogP contribution in [0.4, 0.5) is 0 Å². The minimum atomic E-state index is -1.77. The van der Waals surface area contributed by atoms with Crippen molar-refractivity contribution in [3.8, 4) is 0 Å². The largest absolute Gasteiger partial charge is 0.462 e. The summed E-state index contributed by atoms with van der Waals surface area (Å²) in [6.45, 7) is 2.57. The number of allylic oxidation sites excluding steroid dienone is 4. The van der Waals surface area contributed by atoms with Gasteiger partial charge in [0.1, 0.15) is 55.4 Å².